The van der Waals surface area contributed by atoms with Crippen LogP contribution in [0.15, 0.2) is 42.5 Å². The van der Waals surface area contributed by atoms with Gasteiger partial charge in [-0.25, -0.2) is 0 Å². The van der Waals surface area contributed by atoms with Crippen LogP contribution >= 0.6 is 0 Å². The molecule has 0 unspecified atom stereocenters. The molecule has 0 aliphatic carbocycles. The van der Waals surface area contributed by atoms with E-state index >= 15 is 0 Å². The number of likely N-dealkylation sites (tertiary alicyclic amines) is 1. The van der Waals surface area contributed by atoms with Crippen molar-refractivity contribution in [3.05, 3.63) is 64.7 Å². The van der Waals surface area contributed by atoms with E-state index in [4.69, 9.17) is 0 Å². The molecule has 5 nitrogen and oxygen atoms in total. The molecule has 1 saturated heterocycles. The van der Waals surface area contributed by atoms with Gasteiger partial charge >= 0.3 is 0 Å². The largest absolute Gasteiger partial charge is 0.355 e. The highest BCUT2D eigenvalue weighted by Crippen LogP contribution is 2.20. The molecule has 2 amide bonds. The van der Waals surface area contributed by atoms with Crippen LogP contribution in [0.25, 0.3) is 0 Å². The number of benzene rings is 2. The second kappa shape index (κ2) is 8.82. The van der Waals surface area contributed by atoms with Gasteiger partial charge in [-0.2, -0.15) is 0 Å². The molecule has 5 heteroatoms. The number of carbonyl (C=O) groups excluding carboxylic acids is 2. The van der Waals surface area contributed by atoms with Gasteiger partial charge in [-0.05, 0) is 68.2 Å². The molecule has 1 fully saturated rings. The number of hydrogen-bond donors (Lipinski definition) is 2. The van der Waals surface area contributed by atoms with Gasteiger partial charge in [0, 0.05) is 30.4 Å². The van der Waals surface area contributed by atoms with E-state index in [0.717, 1.165) is 25.2 Å². The SMILES string of the molecule is CNC(=O)c1cccc(NC(=O)c2ccc(CN3CCCCC3)cc2)c1C. The van der Waals surface area contributed by atoms with Crippen molar-refractivity contribution in [1.29, 1.82) is 0 Å². The molecular formula is C22H27N3O2. The lowest BCUT2D eigenvalue weighted by Gasteiger charge is -2.26. The highest BCUT2D eigenvalue weighted by molar-refractivity contribution is 6.06. The Labute approximate surface area is 160 Å². The minimum absolute atomic E-state index is 0.161. The van der Waals surface area contributed by atoms with Crippen LogP contribution in [0.2, 0.25) is 0 Å². The van der Waals surface area contributed by atoms with Crippen molar-refractivity contribution in [3.63, 3.8) is 0 Å². The molecule has 1 heterocycles. The molecule has 0 aromatic heterocycles. The Balaban J connectivity index is 1.67. The third-order valence-corrected chi connectivity index (χ3v) is 5.12. The van der Waals surface area contributed by atoms with Gasteiger partial charge < -0.3 is 10.6 Å². The molecule has 0 radical (unpaired) electrons. The smallest absolute Gasteiger partial charge is 0.255 e. The summed E-state index contributed by atoms with van der Waals surface area (Å²) >= 11 is 0. The second-order valence-corrected chi connectivity index (χ2v) is 7.05. The molecule has 0 bridgehead atoms. The van der Waals surface area contributed by atoms with E-state index in [1.54, 1.807) is 19.2 Å². The van der Waals surface area contributed by atoms with E-state index < -0.39 is 0 Å². The van der Waals surface area contributed by atoms with Crippen molar-refractivity contribution in [1.82, 2.24) is 10.2 Å². The summed E-state index contributed by atoms with van der Waals surface area (Å²) in [4.78, 5) is 27.0. The molecule has 2 aromatic carbocycles. The molecule has 2 aromatic rings. The Kier molecular flexibility index (Phi) is 6.24. The van der Waals surface area contributed by atoms with Gasteiger partial charge in [0.15, 0.2) is 0 Å². The van der Waals surface area contributed by atoms with Gasteiger partial charge in [-0.1, -0.05) is 24.6 Å². The molecule has 2 N–H and O–H groups in total. The van der Waals surface area contributed by atoms with Crippen molar-refractivity contribution in [2.75, 3.05) is 25.5 Å². The first-order chi connectivity index (χ1) is 13.1. The van der Waals surface area contributed by atoms with Crippen LogP contribution in [0.4, 0.5) is 5.69 Å². The van der Waals surface area contributed by atoms with Gasteiger partial charge in [-0.3, -0.25) is 14.5 Å². The molecule has 1 aliphatic rings. The number of anilines is 1. The summed E-state index contributed by atoms with van der Waals surface area (Å²) < 4.78 is 0. The van der Waals surface area contributed by atoms with E-state index in [-0.39, 0.29) is 11.8 Å². The average molecular weight is 365 g/mol. The predicted octanol–water partition coefficient (Wildman–Crippen LogP) is 3.59. The number of carbonyl (C=O) groups is 2. The van der Waals surface area contributed by atoms with E-state index in [1.807, 2.05) is 37.3 Å². The standard InChI is InChI=1S/C22H27N3O2/c1-16-19(22(27)23-2)7-6-8-20(16)24-21(26)18-11-9-17(10-12-18)15-25-13-4-3-5-14-25/h6-12H,3-5,13-15H2,1-2H3,(H,23,27)(H,24,26). The van der Waals surface area contributed by atoms with Crippen LogP contribution in [0.5, 0.6) is 0 Å². The Morgan fingerprint density at radius 3 is 2.33 bits per heavy atom. The van der Waals surface area contributed by atoms with E-state index in [0.29, 0.717) is 16.8 Å². The third kappa shape index (κ3) is 4.74. The average Bonchev–Trinajstić information content (AvgIpc) is 2.70. The second-order valence-electron chi connectivity index (χ2n) is 7.05. The molecule has 3 rings (SSSR count). The quantitative estimate of drug-likeness (QED) is 0.851. The highest BCUT2D eigenvalue weighted by Gasteiger charge is 2.14. The maximum Gasteiger partial charge on any atom is 0.255 e. The lowest BCUT2D eigenvalue weighted by Crippen LogP contribution is -2.29. The molecule has 142 valence electrons. The fraction of sp³-hybridized carbons (Fsp3) is 0.364. The summed E-state index contributed by atoms with van der Waals surface area (Å²) in [5.74, 6) is -0.331. The lowest BCUT2D eigenvalue weighted by atomic mass is 10.1. The first-order valence-corrected chi connectivity index (χ1v) is 9.53. The first-order valence-electron chi connectivity index (χ1n) is 9.53. The van der Waals surface area contributed by atoms with E-state index in [1.165, 1.54) is 24.8 Å². The topological polar surface area (TPSA) is 61.4 Å². The summed E-state index contributed by atoms with van der Waals surface area (Å²) in [5.41, 5.74) is 3.81. The predicted molar refractivity (Wildman–Crippen MR) is 108 cm³/mol. The summed E-state index contributed by atoms with van der Waals surface area (Å²) in [7, 11) is 1.60. The van der Waals surface area contributed by atoms with Crippen LogP contribution in [0.1, 0.15) is 51.1 Å². The summed E-state index contributed by atoms with van der Waals surface area (Å²) in [6.45, 7) is 5.09. The minimum atomic E-state index is -0.170. The van der Waals surface area contributed by atoms with Crippen molar-refractivity contribution < 1.29 is 9.59 Å². The normalized spacial score (nSPS) is 14.6. The number of piperidine rings is 1. The maximum absolute atomic E-state index is 12.6. The van der Waals surface area contributed by atoms with Crippen LogP contribution < -0.4 is 10.6 Å². The molecule has 0 atom stereocenters. The third-order valence-electron chi connectivity index (χ3n) is 5.12. The first kappa shape index (κ1) is 19.1. The van der Waals surface area contributed by atoms with Crippen molar-refractivity contribution >= 4 is 17.5 Å². The summed E-state index contributed by atoms with van der Waals surface area (Å²) in [6, 6.07) is 13.1. The number of nitrogens with one attached hydrogen (secondary N) is 2. The monoisotopic (exact) mass is 365 g/mol. The molecular weight excluding hydrogens is 338 g/mol. The maximum atomic E-state index is 12.6. The minimum Gasteiger partial charge on any atom is -0.355 e. The molecule has 27 heavy (non-hydrogen) atoms. The summed E-state index contributed by atoms with van der Waals surface area (Å²) in [6.07, 6.45) is 3.88. The van der Waals surface area contributed by atoms with E-state index in [2.05, 4.69) is 15.5 Å². The zero-order valence-electron chi connectivity index (χ0n) is 16.0. The van der Waals surface area contributed by atoms with Gasteiger partial charge in [0.05, 0.1) is 0 Å². The van der Waals surface area contributed by atoms with Crippen LogP contribution in [-0.2, 0) is 6.54 Å². The van der Waals surface area contributed by atoms with Crippen molar-refractivity contribution in [2.24, 2.45) is 0 Å². The van der Waals surface area contributed by atoms with Gasteiger partial charge in [0.1, 0.15) is 0 Å². The van der Waals surface area contributed by atoms with Crippen molar-refractivity contribution in [2.45, 2.75) is 32.7 Å². The molecule has 0 saturated carbocycles. The Bertz CT molecular complexity index is 809. The van der Waals surface area contributed by atoms with Crippen LogP contribution in [-0.4, -0.2) is 36.9 Å². The fourth-order valence-electron chi connectivity index (χ4n) is 3.48. The Morgan fingerprint density at radius 2 is 1.67 bits per heavy atom. The fourth-order valence-corrected chi connectivity index (χ4v) is 3.48. The van der Waals surface area contributed by atoms with Gasteiger partial charge in [-0.15, -0.1) is 0 Å². The van der Waals surface area contributed by atoms with Crippen LogP contribution in [0, 0.1) is 6.92 Å². The zero-order chi connectivity index (χ0) is 19.2. The van der Waals surface area contributed by atoms with Crippen LogP contribution in [0.3, 0.4) is 0 Å². The number of nitrogens with zero attached hydrogens (tertiary/aromatic N) is 1. The lowest BCUT2D eigenvalue weighted by molar-refractivity contribution is 0.0960. The highest BCUT2D eigenvalue weighted by atomic mass is 16.2. The summed E-state index contributed by atoms with van der Waals surface area (Å²) in [5, 5.41) is 5.54. The zero-order valence-corrected chi connectivity index (χ0v) is 16.0. The number of amides is 2. The number of hydrogen-bond acceptors (Lipinski definition) is 3. The molecule has 0 spiro atoms. The Hall–Kier alpha value is -2.66. The van der Waals surface area contributed by atoms with Crippen molar-refractivity contribution in [3.8, 4) is 0 Å². The Morgan fingerprint density at radius 1 is 0.963 bits per heavy atom. The van der Waals surface area contributed by atoms with Gasteiger partial charge in [0.2, 0.25) is 0 Å². The molecule has 1 aliphatic heterocycles. The number of rotatable bonds is 5. The van der Waals surface area contributed by atoms with Gasteiger partial charge in [0.25, 0.3) is 11.8 Å². The van der Waals surface area contributed by atoms with E-state index in [9.17, 15) is 9.59 Å².